The van der Waals surface area contributed by atoms with E-state index in [2.05, 4.69) is 223 Å². The van der Waals surface area contributed by atoms with Crippen LogP contribution in [0.15, 0.2) is 176 Å². The number of amides is 3. The average molecular weight is 1520 g/mol. The topological polar surface area (TPSA) is 319 Å². The number of hydrogen-bond donors (Lipinski definition) is 8. The van der Waals surface area contributed by atoms with E-state index in [4.69, 9.17) is 27.6 Å². The minimum Gasteiger partial charge on any atom is -0.394 e. The molecule has 19 nitrogen and oxygen atoms in total. The number of aliphatic hydroxyl groups excluding tert-OH is 1. The number of H-pyrrole nitrogens is 3. The molecule has 0 aliphatic carbocycles. The fourth-order valence-electron chi connectivity index (χ4n) is 7.71. The molecule has 1 aromatic carbocycles. The van der Waals surface area contributed by atoms with Gasteiger partial charge >= 0.3 is 0 Å². The standard InChI is InChI=1S/C11H12FN.C9H16N2O.C9H15NO.C8H12N2.C8H11NO.2C8H11N.C7H12N2.C7H13NO.C6H12.C5H9N.C4H9NO/c1-7(2)8-5-10(12)9-3-4-13-11(9)6-8;1-9(2,3)8-6-10-11(7-8)4-5-12;1-9(2,3)6-7-4-5-10-8(7)11;1-6(2)7-3-4-10-8(9)5-7;1-6(2)7-3-4-8(10)9-5-7;1-7(2)8-3-5-9-6-4-8;1-7(2)8-4-3-5-9-6-8;1-7(2,3)6-4-8-9-5-6;1-7(2,3)5-4-6(8)9;1-5-6(2,3)4;1-5(2,3)4-6;1-3(2)4(5)6/h3-7,13H,1-2H3;6-7,12H,4-5H2,1-3H3;6H,4-5H2,1-3H3,(H,10,11);3-6H,1-2H3,(H2,9,10);3-6H,1-2H3,(H,9,10);2*3-7H,1-2H3;4-5H,1-3H3,(H,8,9);4-5H,1-3H3,(H2,8,9);5H,1H2,2-4H3;1-3H3;3H,1-2H3,(H2,5,6)/b;;7-6+;;;;;;5-4+;;;. The first kappa shape index (κ1) is 105. The summed E-state index contributed by atoms with van der Waals surface area (Å²) in [6, 6.07) is 22.9. The number of nitrogens with zero attached hydrogens (tertiary/aromatic N) is 7. The highest BCUT2D eigenvalue weighted by Crippen LogP contribution is 2.26. The SMILES string of the molecule is C=CC(C)(C)C.CC(C)(C)/C=C/C(N)=O.CC(C)(C)/C=C1\CCNC1=O.CC(C)(C)C#N.CC(C)(C)c1cn[nH]c1.CC(C)(C)c1cnn(CCO)c1.CC(C)C(N)=O.CC(C)c1cc(F)c2cc[nH]c2c1.CC(C)c1ccc(=O)[nH]c1.CC(C)c1cccnc1.CC(C)c1ccnc(N)c1.CC(C)c1ccncc1. The Morgan fingerprint density at radius 2 is 1.16 bits per heavy atom. The van der Waals surface area contributed by atoms with Gasteiger partial charge in [-0.05, 0) is 177 Å². The number of halogens is 1. The zero-order chi connectivity index (χ0) is 85.6. The smallest absolute Gasteiger partial charge is 0.247 e. The molecule has 7 aromatic heterocycles. The molecule has 110 heavy (non-hydrogen) atoms. The number of carbonyl (C=O) groups is 3. The lowest BCUT2D eigenvalue weighted by molar-refractivity contribution is -0.121. The van der Waals surface area contributed by atoms with Crippen LogP contribution in [0.1, 0.15) is 283 Å². The maximum atomic E-state index is 13.4. The number of carbonyl (C=O) groups excluding carboxylic acids is 3. The number of benzene rings is 1. The highest BCUT2D eigenvalue weighted by molar-refractivity contribution is 5.95. The van der Waals surface area contributed by atoms with Crippen LogP contribution in [0.25, 0.3) is 10.9 Å². The van der Waals surface area contributed by atoms with Crippen molar-refractivity contribution in [2.45, 2.75) is 261 Å². The van der Waals surface area contributed by atoms with Gasteiger partial charge < -0.3 is 37.6 Å². The molecular formula is C90H143FN14O5. The molecule has 1 saturated heterocycles. The molecule has 3 amide bonds. The van der Waals surface area contributed by atoms with Crippen molar-refractivity contribution < 1.29 is 23.9 Å². The van der Waals surface area contributed by atoms with Crippen LogP contribution in [0.3, 0.4) is 0 Å². The molecule has 9 rings (SSSR count). The Balaban J connectivity index is -0.00000114. The lowest BCUT2D eigenvalue weighted by atomic mass is 9.90. The molecule has 1 aliphatic heterocycles. The Morgan fingerprint density at radius 1 is 0.636 bits per heavy atom. The number of hydrogen-bond acceptors (Lipinski definition) is 12. The number of pyridine rings is 4. The monoisotopic (exact) mass is 1520 g/mol. The molecule has 0 atom stereocenters. The largest absolute Gasteiger partial charge is 0.394 e. The second-order valence-corrected chi connectivity index (χ2v) is 34.6. The third kappa shape index (κ3) is 54.9. The molecule has 0 radical (unpaired) electrons. The van der Waals surface area contributed by atoms with Gasteiger partial charge in [0.15, 0.2) is 0 Å². The van der Waals surface area contributed by atoms with Gasteiger partial charge in [-0.25, -0.2) is 9.37 Å². The van der Waals surface area contributed by atoms with Crippen LogP contribution in [-0.4, -0.2) is 80.9 Å². The van der Waals surface area contributed by atoms with Crippen molar-refractivity contribution >= 4 is 34.4 Å². The number of nitrogens with two attached hydrogens (primary N) is 3. The Hall–Kier alpha value is -9.61. The van der Waals surface area contributed by atoms with Crippen molar-refractivity contribution in [2.24, 2.45) is 39.0 Å². The summed E-state index contributed by atoms with van der Waals surface area (Å²) in [5.74, 6) is 2.54. The van der Waals surface area contributed by atoms with Gasteiger partial charge in [-0.15, -0.1) is 6.58 Å². The van der Waals surface area contributed by atoms with Crippen LogP contribution in [-0.2, 0) is 31.8 Å². The molecule has 0 bridgehead atoms. The van der Waals surface area contributed by atoms with Crippen molar-refractivity contribution in [3.05, 3.63) is 226 Å². The third-order valence-corrected chi connectivity index (χ3v) is 15.0. The summed E-state index contributed by atoms with van der Waals surface area (Å²) in [5, 5.41) is 31.1. The van der Waals surface area contributed by atoms with E-state index in [1.54, 1.807) is 67.6 Å². The zero-order valence-electron chi connectivity index (χ0n) is 72.8. The van der Waals surface area contributed by atoms with Gasteiger partial charge in [0.25, 0.3) is 0 Å². The predicted octanol–water partition coefficient (Wildman–Crippen LogP) is 20.5. The van der Waals surface area contributed by atoms with Crippen LogP contribution in [0.5, 0.6) is 0 Å². The van der Waals surface area contributed by atoms with E-state index in [1.165, 1.54) is 39.5 Å². The fourth-order valence-corrected chi connectivity index (χ4v) is 7.71. The van der Waals surface area contributed by atoms with Crippen molar-refractivity contribution in [1.82, 2.24) is 50.2 Å². The highest BCUT2D eigenvalue weighted by Gasteiger charge is 2.20. The maximum Gasteiger partial charge on any atom is 0.247 e. The molecule has 0 spiro atoms. The summed E-state index contributed by atoms with van der Waals surface area (Å²) < 4.78 is 15.2. The van der Waals surface area contributed by atoms with Crippen LogP contribution < -0.4 is 28.1 Å². The normalized spacial score (nSPS) is 12.1. The Bertz CT molecular complexity index is 3900. The van der Waals surface area contributed by atoms with Crippen LogP contribution in [0.2, 0.25) is 0 Å². The van der Waals surface area contributed by atoms with E-state index in [0.29, 0.717) is 52.8 Å². The number of anilines is 1. The summed E-state index contributed by atoms with van der Waals surface area (Å²) in [5.41, 5.74) is 26.2. The summed E-state index contributed by atoms with van der Waals surface area (Å²) in [4.78, 5) is 59.2. The predicted molar refractivity (Wildman–Crippen MR) is 460 cm³/mol. The number of allylic oxidation sites excluding steroid dienone is 3. The average Bonchev–Trinajstić information content (AvgIpc) is 1.63. The van der Waals surface area contributed by atoms with Crippen LogP contribution >= 0.6 is 0 Å². The summed E-state index contributed by atoms with van der Waals surface area (Å²) in [6.07, 6.45) is 28.3. The van der Waals surface area contributed by atoms with Gasteiger partial charge in [0.1, 0.15) is 11.6 Å². The lowest BCUT2D eigenvalue weighted by Gasteiger charge is -2.14. The molecule has 8 aromatic rings. The zero-order valence-corrected chi connectivity index (χ0v) is 72.8. The van der Waals surface area contributed by atoms with E-state index >= 15 is 0 Å². The molecule has 1 aliphatic rings. The van der Waals surface area contributed by atoms with Crippen LogP contribution in [0, 0.1) is 44.7 Å². The van der Waals surface area contributed by atoms with E-state index in [0.717, 1.165) is 29.6 Å². The molecule has 11 N–H and O–H groups in total. The number of rotatable bonds is 9. The molecular weight excluding hydrogens is 1380 g/mol. The third-order valence-electron chi connectivity index (χ3n) is 15.0. The van der Waals surface area contributed by atoms with Gasteiger partial charge in [0.05, 0.1) is 31.6 Å². The Morgan fingerprint density at radius 3 is 1.48 bits per heavy atom. The Labute approximate surface area is 662 Å². The molecule has 610 valence electrons. The first-order chi connectivity index (χ1) is 50.5. The first-order valence-corrected chi connectivity index (χ1v) is 37.9. The number of aliphatic hydroxyl groups is 1. The number of nitrogen functional groups attached to an aromatic ring is 1. The minimum atomic E-state index is -0.384. The number of nitriles is 1. The van der Waals surface area contributed by atoms with Gasteiger partial charge in [-0.1, -0.05) is 217 Å². The molecule has 0 saturated carbocycles. The van der Waals surface area contributed by atoms with Crippen molar-refractivity contribution in [3.8, 4) is 6.07 Å². The van der Waals surface area contributed by atoms with Gasteiger partial charge in [0, 0.05) is 96.2 Å². The number of aromatic amines is 3. The number of aromatic nitrogens is 9. The minimum absolute atomic E-state index is 0.00926. The summed E-state index contributed by atoms with van der Waals surface area (Å²) in [7, 11) is 0. The highest BCUT2D eigenvalue weighted by atomic mass is 19.1. The van der Waals surface area contributed by atoms with Gasteiger partial charge in [0.2, 0.25) is 23.3 Å². The first-order valence-electron chi connectivity index (χ1n) is 37.9. The van der Waals surface area contributed by atoms with E-state index in [9.17, 15) is 23.6 Å². The van der Waals surface area contributed by atoms with E-state index < -0.39 is 0 Å². The lowest BCUT2D eigenvalue weighted by Crippen LogP contribution is -2.17. The Kier molecular flexibility index (Phi) is 49.9. The summed E-state index contributed by atoms with van der Waals surface area (Å²) >= 11 is 0. The molecule has 8 heterocycles. The molecule has 0 unspecified atom stereocenters. The van der Waals surface area contributed by atoms with Gasteiger partial charge in [-0.2, -0.15) is 15.5 Å². The van der Waals surface area contributed by atoms with Crippen molar-refractivity contribution in [2.75, 3.05) is 18.9 Å². The second-order valence-electron chi connectivity index (χ2n) is 34.6. The maximum absolute atomic E-state index is 13.4. The van der Waals surface area contributed by atoms with E-state index in [-0.39, 0.29) is 68.7 Å². The molecule has 1 fully saturated rings. The van der Waals surface area contributed by atoms with Gasteiger partial charge in [-0.3, -0.25) is 38.9 Å². The fraction of sp³-hybridized carbons (Fsp3) is 0.511. The second kappa shape index (κ2) is 52.5. The van der Waals surface area contributed by atoms with Crippen LogP contribution in [0.4, 0.5) is 10.2 Å². The molecule has 20 heteroatoms. The summed E-state index contributed by atoms with van der Waals surface area (Å²) in [6.45, 7) is 67.2. The number of primary amides is 2. The number of fused-ring (bicyclic) bond motifs is 1. The van der Waals surface area contributed by atoms with Crippen molar-refractivity contribution in [3.63, 3.8) is 0 Å². The number of nitrogens with one attached hydrogen (secondary N) is 4. The van der Waals surface area contributed by atoms with Crippen molar-refractivity contribution in [1.29, 1.82) is 5.26 Å². The quantitative estimate of drug-likeness (QED) is 0.0494. The van der Waals surface area contributed by atoms with E-state index in [1.807, 2.05) is 133 Å².